The molecule has 0 saturated carbocycles. The number of thioether (sulfide) groups is 1. The van der Waals surface area contributed by atoms with E-state index in [0.717, 1.165) is 17.7 Å². The maximum atomic E-state index is 12.2. The Morgan fingerprint density at radius 2 is 2.22 bits per heavy atom. The highest BCUT2D eigenvalue weighted by Crippen LogP contribution is 2.23. The van der Waals surface area contributed by atoms with E-state index in [2.05, 4.69) is 21.9 Å². The molecule has 2 heterocycles. The quantitative estimate of drug-likeness (QED) is 0.320. The second kappa shape index (κ2) is 6.64. The molecule has 6 nitrogen and oxygen atoms in total. The maximum absolute atomic E-state index is 12.2. The van der Waals surface area contributed by atoms with Crippen LogP contribution in [0.4, 0.5) is 5.69 Å². The van der Waals surface area contributed by atoms with Gasteiger partial charge >= 0.3 is 5.69 Å². The maximum Gasteiger partial charge on any atom is 0.328 e. The summed E-state index contributed by atoms with van der Waals surface area (Å²) in [4.78, 5) is 23.7. The minimum Gasteiger partial charge on any atom is -0.399 e. The zero-order chi connectivity index (χ0) is 16.4. The van der Waals surface area contributed by atoms with E-state index in [1.54, 1.807) is 10.6 Å². The Bertz CT molecular complexity index is 905. The number of nitrogens with one attached hydrogen (secondary N) is 1. The first-order valence-electron chi connectivity index (χ1n) is 7.21. The monoisotopic (exact) mass is 349 g/mol. The topological polar surface area (TPSA) is 89.6 Å². The van der Waals surface area contributed by atoms with Crippen LogP contribution in [-0.4, -0.2) is 25.3 Å². The number of hydrogen-bond donors (Lipinski definition) is 2. The SMILES string of the molecule is CCCSc1nc(Cl)c2[nH]c(=O)n(Cc3cccc(N)c3)c2n1. The summed E-state index contributed by atoms with van der Waals surface area (Å²) in [6, 6.07) is 7.41. The summed E-state index contributed by atoms with van der Waals surface area (Å²) in [5.74, 6) is 0.895. The lowest BCUT2D eigenvalue weighted by molar-refractivity contribution is 0.771. The number of fused-ring (bicyclic) bond motifs is 1. The third-order valence-electron chi connectivity index (χ3n) is 3.29. The van der Waals surface area contributed by atoms with Crippen LogP contribution in [0.1, 0.15) is 18.9 Å². The van der Waals surface area contributed by atoms with Gasteiger partial charge in [0.25, 0.3) is 0 Å². The van der Waals surface area contributed by atoms with Crippen molar-refractivity contribution in [2.45, 2.75) is 25.0 Å². The standard InChI is InChI=1S/C15H16ClN5OS/c1-2-6-23-14-19-12(16)11-13(20-14)21(15(22)18-11)8-9-4-3-5-10(17)7-9/h3-5,7H,2,6,8,17H2,1H3,(H,18,22). The van der Waals surface area contributed by atoms with E-state index in [-0.39, 0.29) is 10.8 Å². The fourth-order valence-corrected chi connectivity index (χ4v) is 3.21. The van der Waals surface area contributed by atoms with Crippen molar-refractivity contribution < 1.29 is 0 Å². The number of nitrogen functional groups attached to an aromatic ring is 1. The molecule has 2 aromatic heterocycles. The average molecular weight is 350 g/mol. The molecule has 8 heteroatoms. The number of anilines is 1. The molecular weight excluding hydrogens is 334 g/mol. The summed E-state index contributed by atoms with van der Waals surface area (Å²) in [5.41, 5.74) is 8.08. The minimum absolute atomic E-state index is 0.261. The highest BCUT2D eigenvalue weighted by atomic mass is 35.5. The predicted octanol–water partition coefficient (Wildman–Crippen LogP) is 2.91. The average Bonchev–Trinajstić information content (AvgIpc) is 2.83. The highest BCUT2D eigenvalue weighted by molar-refractivity contribution is 7.99. The van der Waals surface area contributed by atoms with E-state index in [0.29, 0.717) is 28.6 Å². The van der Waals surface area contributed by atoms with Gasteiger partial charge in [0.2, 0.25) is 0 Å². The molecule has 0 saturated heterocycles. The predicted molar refractivity (Wildman–Crippen MR) is 94.1 cm³/mol. The van der Waals surface area contributed by atoms with Gasteiger partial charge in [0.15, 0.2) is 16.0 Å². The Labute approximate surface area is 142 Å². The second-order valence-electron chi connectivity index (χ2n) is 5.11. The molecule has 3 N–H and O–H groups in total. The van der Waals surface area contributed by atoms with Crippen LogP contribution in [0.2, 0.25) is 5.15 Å². The minimum atomic E-state index is -0.267. The summed E-state index contributed by atoms with van der Waals surface area (Å²) in [7, 11) is 0. The molecule has 120 valence electrons. The number of aromatic amines is 1. The third kappa shape index (κ3) is 3.35. The molecule has 0 aliphatic carbocycles. The van der Waals surface area contributed by atoms with Gasteiger partial charge in [-0.15, -0.1) is 0 Å². The van der Waals surface area contributed by atoms with Gasteiger partial charge in [-0.25, -0.2) is 14.8 Å². The number of H-pyrrole nitrogens is 1. The van der Waals surface area contributed by atoms with Gasteiger partial charge in [-0.2, -0.15) is 0 Å². The molecule has 0 unspecified atom stereocenters. The van der Waals surface area contributed by atoms with Crippen LogP contribution in [0.25, 0.3) is 11.2 Å². The Morgan fingerprint density at radius 3 is 2.96 bits per heavy atom. The first kappa shape index (κ1) is 15.9. The number of benzene rings is 1. The number of hydrogen-bond acceptors (Lipinski definition) is 5. The molecule has 0 atom stereocenters. The van der Waals surface area contributed by atoms with E-state index < -0.39 is 0 Å². The van der Waals surface area contributed by atoms with Crippen LogP contribution in [0.5, 0.6) is 0 Å². The van der Waals surface area contributed by atoms with E-state index in [1.165, 1.54) is 11.8 Å². The number of aromatic nitrogens is 4. The molecule has 0 radical (unpaired) electrons. The van der Waals surface area contributed by atoms with Gasteiger partial charge in [0.1, 0.15) is 5.52 Å². The molecule has 3 aromatic rings. The van der Waals surface area contributed by atoms with Crippen molar-refractivity contribution in [3.63, 3.8) is 0 Å². The van der Waals surface area contributed by atoms with E-state index >= 15 is 0 Å². The third-order valence-corrected chi connectivity index (χ3v) is 4.61. The molecule has 3 rings (SSSR count). The molecule has 0 aliphatic heterocycles. The number of halogens is 1. The molecular formula is C15H16ClN5OS. The summed E-state index contributed by atoms with van der Waals surface area (Å²) < 4.78 is 1.55. The second-order valence-corrected chi connectivity index (χ2v) is 6.53. The largest absolute Gasteiger partial charge is 0.399 e. The molecule has 23 heavy (non-hydrogen) atoms. The zero-order valence-corrected chi connectivity index (χ0v) is 14.1. The number of nitrogens with two attached hydrogens (primary N) is 1. The number of imidazole rings is 1. The van der Waals surface area contributed by atoms with Crippen LogP contribution in [-0.2, 0) is 6.54 Å². The van der Waals surface area contributed by atoms with Crippen molar-refractivity contribution in [1.29, 1.82) is 0 Å². The molecule has 0 fully saturated rings. The van der Waals surface area contributed by atoms with Gasteiger partial charge < -0.3 is 10.7 Å². The van der Waals surface area contributed by atoms with Crippen molar-refractivity contribution in [2.24, 2.45) is 0 Å². The van der Waals surface area contributed by atoms with Gasteiger partial charge in [-0.3, -0.25) is 4.57 Å². The van der Waals surface area contributed by atoms with E-state index in [9.17, 15) is 4.79 Å². The molecule has 1 aromatic carbocycles. The van der Waals surface area contributed by atoms with Crippen LogP contribution >= 0.6 is 23.4 Å². The van der Waals surface area contributed by atoms with Crippen molar-refractivity contribution in [2.75, 3.05) is 11.5 Å². The summed E-state index contributed by atoms with van der Waals surface area (Å²) in [6.45, 7) is 2.45. The van der Waals surface area contributed by atoms with Crippen LogP contribution in [0.15, 0.2) is 34.2 Å². The Hall–Kier alpha value is -1.99. The van der Waals surface area contributed by atoms with Crippen molar-refractivity contribution >= 4 is 40.2 Å². The highest BCUT2D eigenvalue weighted by Gasteiger charge is 2.14. The summed E-state index contributed by atoms with van der Waals surface area (Å²) in [5, 5.41) is 0.835. The smallest absolute Gasteiger partial charge is 0.328 e. The summed E-state index contributed by atoms with van der Waals surface area (Å²) >= 11 is 7.71. The van der Waals surface area contributed by atoms with Gasteiger partial charge in [-0.1, -0.05) is 42.4 Å². The lowest BCUT2D eigenvalue weighted by atomic mass is 10.2. The van der Waals surface area contributed by atoms with Crippen molar-refractivity contribution in [3.05, 3.63) is 45.5 Å². The van der Waals surface area contributed by atoms with Crippen LogP contribution in [0, 0.1) is 0 Å². The first-order chi connectivity index (χ1) is 11.1. The lowest BCUT2D eigenvalue weighted by Gasteiger charge is -2.05. The fraction of sp³-hybridized carbons (Fsp3) is 0.267. The number of rotatable bonds is 5. The zero-order valence-electron chi connectivity index (χ0n) is 12.5. The van der Waals surface area contributed by atoms with Crippen molar-refractivity contribution in [1.82, 2.24) is 19.5 Å². The Balaban J connectivity index is 2.06. The fourth-order valence-electron chi connectivity index (χ4n) is 2.26. The van der Waals surface area contributed by atoms with E-state index in [4.69, 9.17) is 17.3 Å². The molecule has 0 bridgehead atoms. The lowest BCUT2D eigenvalue weighted by Crippen LogP contribution is -2.17. The Kier molecular flexibility index (Phi) is 4.58. The van der Waals surface area contributed by atoms with Gasteiger partial charge in [-0.05, 0) is 24.1 Å². The molecule has 0 amide bonds. The normalized spacial score (nSPS) is 11.2. The molecule has 0 spiro atoms. The van der Waals surface area contributed by atoms with Gasteiger partial charge in [0, 0.05) is 11.4 Å². The number of nitrogens with zero attached hydrogens (tertiary/aromatic N) is 3. The van der Waals surface area contributed by atoms with E-state index in [1.807, 2.05) is 18.2 Å². The van der Waals surface area contributed by atoms with Crippen LogP contribution in [0.3, 0.4) is 0 Å². The van der Waals surface area contributed by atoms with Crippen LogP contribution < -0.4 is 11.4 Å². The first-order valence-corrected chi connectivity index (χ1v) is 8.58. The Morgan fingerprint density at radius 1 is 1.39 bits per heavy atom. The van der Waals surface area contributed by atoms with Gasteiger partial charge in [0.05, 0.1) is 6.54 Å². The molecule has 0 aliphatic rings. The van der Waals surface area contributed by atoms with Crippen molar-refractivity contribution in [3.8, 4) is 0 Å². The summed E-state index contributed by atoms with van der Waals surface area (Å²) in [6.07, 6.45) is 1.01.